The summed E-state index contributed by atoms with van der Waals surface area (Å²) in [4.78, 5) is 14.2. The monoisotopic (exact) mass is 408 g/mol. The van der Waals surface area contributed by atoms with Crippen molar-refractivity contribution in [2.45, 2.75) is 16.3 Å². The number of nitrogens with one attached hydrogen (secondary N) is 1. The van der Waals surface area contributed by atoms with Crippen LogP contribution in [-0.2, 0) is 16.3 Å². The first-order chi connectivity index (χ1) is 13.3. The van der Waals surface area contributed by atoms with Crippen LogP contribution >= 0.6 is 0 Å². The fourth-order valence-corrected chi connectivity index (χ4v) is 3.83. The Bertz CT molecular complexity index is 1120. The number of carboxylic acid groups (broad SMARTS) is 1. The molecular formula is C17H14F2N4O4S. The quantitative estimate of drug-likeness (QED) is 0.646. The van der Waals surface area contributed by atoms with Crippen LogP contribution in [0.2, 0.25) is 0 Å². The van der Waals surface area contributed by atoms with Crippen molar-refractivity contribution >= 4 is 15.9 Å². The molecule has 146 valence electrons. The molecule has 0 atom stereocenters. The fourth-order valence-electron chi connectivity index (χ4n) is 2.47. The van der Waals surface area contributed by atoms with Crippen LogP contribution in [-0.4, -0.2) is 40.9 Å². The second-order valence-electron chi connectivity index (χ2n) is 5.66. The molecule has 3 rings (SSSR count). The van der Waals surface area contributed by atoms with Gasteiger partial charge >= 0.3 is 6.09 Å². The van der Waals surface area contributed by atoms with Crippen molar-refractivity contribution in [1.29, 1.82) is 0 Å². The number of halogens is 2. The Morgan fingerprint density at radius 3 is 2.68 bits per heavy atom. The van der Waals surface area contributed by atoms with E-state index in [-0.39, 0.29) is 29.2 Å². The highest BCUT2D eigenvalue weighted by Crippen LogP contribution is 2.26. The lowest BCUT2D eigenvalue weighted by atomic mass is 10.3. The van der Waals surface area contributed by atoms with Gasteiger partial charge in [0.1, 0.15) is 17.3 Å². The van der Waals surface area contributed by atoms with Gasteiger partial charge in [-0.05, 0) is 30.3 Å². The lowest BCUT2D eigenvalue weighted by molar-refractivity contribution is 0.194. The molecule has 0 unspecified atom stereocenters. The number of nitrogens with zero attached hydrogens (tertiary/aromatic N) is 3. The molecule has 1 aromatic carbocycles. The summed E-state index contributed by atoms with van der Waals surface area (Å²) in [5.74, 6) is -1.65. The number of amides is 1. The summed E-state index contributed by atoms with van der Waals surface area (Å²) in [6, 6.07) is 6.51. The van der Waals surface area contributed by atoms with Gasteiger partial charge in [-0.3, -0.25) is 4.98 Å². The second kappa shape index (κ2) is 7.72. The lowest BCUT2D eigenvalue weighted by Crippen LogP contribution is -2.23. The summed E-state index contributed by atoms with van der Waals surface area (Å²) in [5.41, 5.74) is -0.209. The molecule has 8 nitrogen and oxygen atoms in total. The minimum Gasteiger partial charge on any atom is -0.465 e. The molecule has 3 aromatic rings. The highest BCUT2D eigenvalue weighted by molar-refractivity contribution is 7.91. The minimum atomic E-state index is -4.16. The van der Waals surface area contributed by atoms with Gasteiger partial charge in [0.15, 0.2) is 5.03 Å². The molecule has 0 radical (unpaired) electrons. The van der Waals surface area contributed by atoms with Crippen LogP contribution in [0, 0.1) is 11.6 Å². The second-order valence-corrected chi connectivity index (χ2v) is 7.55. The number of carbonyl (C=O) groups is 1. The summed E-state index contributed by atoms with van der Waals surface area (Å²) in [7, 11) is -4.16. The van der Waals surface area contributed by atoms with Gasteiger partial charge < -0.3 is 10.4 Å². The summed E-state index contributed by atoms with van der Waals surface area (Å²) < 4.78 is 54.7. The molecule has 2 N–H and O–H groups in total. The van der Waals surface area contributed by atoms with Crippen molar-refractivity contribution in [1.82, 2.24) is 20.1 Å². The van der Waals surface area contributed by atoms with Crippen LogP contribution in [0.25, 0.3) is 5.69 Å². The molecule has 0 aliphatic rings. The molecule has 0 fully saturated rings. The number of benzene rings is 1. The van der Waals surface area contributed by atoms with Gasteiger partial charge in [0.05, 0.1) is 10.6 Å². The number of sulfone groups is 1. The minimum absolute atomic E-state index is 0.0373. The lowest BCUT2D eigenvalue weighted by Gasteiger charge is -2.09. The van der Waals surface area contributed by atoms with Crippen molar-refractivity contribution in [3.63, 3.8) is 0 Å². The van der Waals surface area contributed by atoms with E-state index in [0.29, 0.717) is 0 Å². The van der Waals surface area contributed by atoms with E-state index >= 15 is 0 Å². The van der Waals surface area contributed by atoms with E-state index in [2.05, 4.69) is 15.4 Å². The van der Waals surface area contributed by atoms with E-state index in [4.69, 9.17) is 5.11 Å². The molecule has 2 heterocycles. The van der Waals surface area contributed by atoms with Gasteiger partial charge in [0.2, 0.25) is 9.84 Å². The summed E-state index contributed by atoms with van der Waals surface area (Å²) >= 11 is 0. The Morgan fingerprint density at radius 1 is 1.21 bits per heavy atom. The first kappa shape index (κ1) is 19.4. The zero-order valence-electron chi connectivity index (χ0n) is 14.2. The molecule has 2 aromatic heterocycles. The zero-order chi connectivity index (χ0) is 20.3. The average Bonchev–Trinajstić information content (AvgIpc) is 3.09. The molecule has 28 heavy (non-hydrogen) atoms. The standard InChI is InChI=1S/C17H14F2N4O4S/c18-11-3-4-14(19)15(8-11)23-16(9-12(22-23)5-7-21-17(24)25)28(26,27)13-2-1-6-20-10-13/h1-4,6,8-10,21H,5,7H2,(H,24,25). The summed E-state index contributed by atoms with van der Waals surface area (Å²) in [5, 5.41) is 14.4. The third kappa shape index (κ3) is 3.98. The third-order valence-electron chi connectivity index (χ3n) is 3.74. The van der Waals surface area contributed by atoms with E-state index in [1.807, 2.05) is 0 Å². The van der Waals surface area contributed by atoms with E-state index in [1.54, 1.807) is 0 Å². The zero-order valence-corrected chi connectivity index (χ0v) is 15.0. The number of aromatic nitrogens is 3. The first-order valence-corrected chi connectivity index (χ1v) is 9.43. The van der Waals surface area contributed by atoms with E-state index in [1.165, 1.54) is 24.4 Å². The maximum atomic E-state index is 14.3. The van der Waals surface area contributed by atoms with Gasteiger partial charge in [-0.2, -0.15) is 5.10 Å². The number of rotatable bonds is 6. The van der Waals surface area contributed by atoms with Crippen molar-refractivity contribution < 1.29 is 27.1 Å². The smallest absolute Gasteiger partial charge is 0.404 e. The largest absolute Gasteiger partial charge is 0.465 e. The van der Waals surface area contributed by atoms with Crippen LogP contribution in [0.15, 0.2) is 58.7 Å². The number of hydrogen-bond donors (Lipinski definition) is 2. The average molecular weight is 408 g/mol. The normalized spacial score (nSPS) is 11.4. The summed E-state index contributed by atoms with van der Waals surface area (Å²) in [6.45, 7) is -0.0373. The predicted octanol–water partition coefficient (Wildman–Crippen LogP) is 2.19. The SMILES string of the molecule is O=C(O)NCCc1cc(S(=O)(=O)c2cccnc2)n(-c2cc(F)ccc2F)n1. The Balaban J connectivity index is 2.13. The van der Waals surface area contributed by atoms with Crippen LogP contribution < -0.4 is 5.32 Å². The molecule has 0 aliphatic heterocycles. The summed E-state index contributed by atoms with van der Waals surface area (Å²) in [6.07, 6.45) is 1.32. The van der Waals surface area contributed by atoms with Crippen LogP contribution in [0.5, 0.6) is 0 Å². The van der Waals surface area contributed by atoms with Gasteiger partial charge in [-0.15, -0.1) is 0 Å². The molecule has 0 saturated carbocycles. The number of pyridine rings is 1. The van der Waals surface area contributed by atoms with Gasteiger partial charge in [-0.25, -0.2) is 26.7 Å². The number of hydrogen-bond acceptors (Lipinski definition) is 5. The Kier molecular flexibility index (Phi) is 5.36. The first-order valence-electron chi connectivity index (χ1n) is 7.95. The van der Waals surface area contributed by atoms with Crippen LogP contribution in [0.3, 0.4) is 0 Å². The molecular weight excluding hydrogens is 394 g/mol. The highest BCUT2D eigenvalue weighted by atomic mass is 32.2. The van der Waals surface area contributed by atoms with Crippen molar-refractivity contribution in [2.24, 2.45) is 0 Å². The van der Waals surface area contributed by atoms with Crippen molar-refractivity contribution in [3.8, 4) is 5.69 Å². The van der Waals surface area contributed by atoms with E-state index in [9.17, 15) is 22.0 Å². The Hall–Kier alpha value is -3.34. The molecule has 0 aliphatic carbocycles. The molecule has 0 saturated heterocycles. The van der Waals surface area contributed by atoms with Gasteiger partial charge in [0.25, 0.3) is 0 Å². The maximum absolute atomic E-state index is 14.3. The molecule has 11 heteroatoms. The van der Waals surface area contributed by atoms with E-state index in [0.717, 1.165) is 29.1 Å². The molecule has 1 amide bonds. The van der Waals surface area contributed by atoms with Crippen LogP contribution in [0.1, 0.15) is 5.69 Å². The highest BCUT2D eigenvalue weighted by Gasteiger charge is 2.26. The van der Waals surface area contributed by atoms with Gasteiger partial charge in [-0.1, -0.05) is 0 Å². The van der Waals surface area contributed by atoms with Crippen molar-refractivity contribution in [3.05, 3.63) is 66.1 Å². The Labute approximate surface area is 158 Å². The van der Waals surface area contributed by atoms with Gasteiger partial charge in [0, 0.05) is 31.4 Å². The van der Waals surface area contributed by atoms with Crippen LogP contribution in [0.4, 0.5) is 13.6 Å². The predicted molar refractivity (Wildman–Crippen MR) is 92.9 cm³/mol. The topological polar surface area (TPSA) is 114 Å². The fraction of sp³-hybridized carbons (Fsp3) is 0.118. The third-order valence-corrected chi connectivity index (χ3v) is 5.44. The van der Waals surface area contributed by atoms with E-state index < -0.39 is 32.6 Å². The maximum Gasteiger partial charge on any atom is 0.404 e. The molecule has 0 bridgehead atoms. The Morgan fingerprint density at radius 2 is 2.00 bits per heavy atom. The molecule has 0 spiro atoms. The van der Waals surface area contributed by atoms with Crippen molar-refractivity contribution in [2.75, 3.05) is 6.54 Å².